The molecule has 0 aliphatic heterocycles. The standard InChI is InChI=1S/C16H15BrClF2N/c1-2-21-15(11-4-3-5-13(18)16(11)20)9-10-6-7-14(19)12(17)8-10/h3-8,15,21H,2,9H2,1H3. The summed E-state index contributed by atoms with van der Waals surface area (Å²) < 4.78 is 27.9. The first-order valence-electron chi connectivity index (χ1n) is 6.64. The van der Waals surface area contributed by atoms with Gasteiger partial charge in [-0.3, -0.25) is 0 Å². The molecular formula is C16H15BrClF2N. The molecule has 0 heterocycles. The van der Waals surface area contributed by atoms with Crippen molar-refractivity contribution < 1.29 is 8.78 Å². The number of hydrogen-bond acceptors (Lipinski definition) is 1. The molecule has 2 aromatic carbocycles. The summed E-state index contributed by atoms with van der Waals surface area (Å²) in [6.07, 6.45) is 0.546. The second kappa shape index (κ2) is 7.34. The summed E-state index contributed by atoms with van der Waals surface area (Å²) in [6, 6.07) is 9.56. The third kappa shape index (κ3) is 4.02. The van der Waals surface area contributed by atoms with E-state index in [0.29, 0.717) is 23.0 Å². The zero-order valence-electron chi connectivity index (χ0n) is 11.5. The van der Waals surface area contributed by atoms with Gasteiger partial charge >= 0.3 is 0 Å². The van der Waals surface area contributed by atoms with Crippen LogP contribution in [0.1, 0.15) is 24.1 Å². The highest BCUT2D eigenvalue weighted by molar-refractivity contribution is 9.10. The van der Waals surface area contributed by atoms with E-state index in [-0.39, 0.29) is 16.9 Å². The maximum Gasteiger partial charge on any atom is 0.146 e. The van der Waals surface area contributed by atoms with Crippen LogP contribution < -0.4 is 5.32 Å². The smallest absolute Gasteiger partial charge is 0.146 e. The Balaban J connectivity index is 2.30. The molecule has 2 rings (SSSR count). The first-order valence-corrected chi connectivity index (χ1v) is 7.81. The van der Waals surface area contributed by atoms with Crippen LogP contribution in [0.25, 0.3) is 0 Å². The molecule has 112 valence electrons. The second-order valence-corrected chi connectivity index (χ2v) is 5.97. The van der Waals surface area contributed by atoms with E-state index in [4.69, 9.17) is 11.6 Å². The average Bonchev–Trinajstić information content (AvgIpc) is 2.45. The molecule has 0 spiro atoms. The summed E-state index contributed by atoms with van der Waals surface area (Å²) >= 11 is 9.01. The van der Waals surface area contributed by atoms with Crippen LogP contribution in [-0.4, -0.2) is 6.54 Å². The maximum atomic E-state index is 14.2. The minimum absolute atomic E-state index is 0.107. The SMILES string of the molecule is CCNC(Cc1ccc(F)c(Br)c1)c1cccc(Cl)c1F. The van der Waals surface area contributed by atoms with E-state index < -0.39 is 5.82 Å². The lowest BCUT2D eigenvalue weighted by atomic mass is 9.98. The Hall–Kier alpha value is -0.970. The molecule has 21 heavy (non-hydrogen) atoms. The Labute approximate surface area is 136 Å². The molecule has 0 amide bonds. The van der Waals surface area contributed by atoms with Gasteiger partial charge in [0.2, 0.25) is 0 Å². The molecule has 1 atom stereocenters. The van der Waals surface area contributed by atoms with Crippen LogP contribution in [0.2, 0.25) is 5.02 Å². The minimum Gasteiger partial charge on any atom is -0.310 e. The molecule has 0 fully saturated rings. The maximum absolute atomic E-state index is 14.2. The fourth-order valence-electron chi connectivity index (χ4n) is 2.23. The summed E-state index contributed by atoms with van der Waals surface area (Å²) in [4.78, 5) is 0. The van der Waals surface area contributed by atoms with Crippen molar-refractivity contribution in [2.24, 2.45) is 0 Å². The van der Waals surface area contributed by atoms with Crippen LogP contribution in [0.5, 0.6) is 0 Å². The molecule has 5 heteroatoms. The topological polar surface area (TPSA) is 12.0 Å². The number of hydrogen-bond donors (Lipinski definition) is 1. The van der Waals surface area contributed by atoms with Crippen molar-refractivity contribution in [2.75, 3.05) is 6.54 Å². The summed E-state index contributed by atoms with van der Waals surface area (Å²) in [7, 11) is 0. The highest BCUT2D eigenvalue weighted by Crippen LogP contribution is 2.27. The van der Waals surface area contributed by atoms with E-state index in [9.17, 15) is 8.78 Å². The summed E-state index contributed by atoms with van der Waals surface area (Å²) in [5.41, 5.74) is 1.43. The normalized spacial score (nSPS) is 12.4. The third-order valence-electron chi connectivity index (χ3n) is 3.23. The molecule has 0 aliphatic carbocycles. The molecular weight excluding hydrogens is 360 g/mol. The molecule has 1 unspecified atom stereocenters. The van der Waals surface area contributed by atoms with E-state index in [1.54, 1.807) is 24.3 Å². The van der Waals surface area contributed by atoms with E-state index in [0.717, 1.165) is 5.56 Å². The number of halogens is 4. The number of benzene rings is 2. The first kappa shape index (κ1) is 16.4. The molecule has 0 saturated heterocycles. The van der Waals surface area contributed by atoms with Crippen LogP contribution >= 0.6 is 27.5 Å². The van der Waals surface area contributed by atoms with Gasteiger partial charge in [-0.05, 0) is 52.7 Å². The molecule has 0 aromatic heterocycles. The molecule has 1 N–H and O–H groups in total. The van der Waals surface area contributed by atoms with Crippen LogP contribution in [0.3, 0.4) is 0 Å². The van der Waals surface area contributed by atoms with Gasteiger partial charge in [-0.2, -0.15) is 0 Å². The van der Waals surface area contributed by atoms with E-state index >= 15 is 0 Å². The van der Waals surface area contributed by atoms with Gasteiger partial charge in [0.25, 0.3) is 0 Å². The largest absolute Gasteiger partial charge is 0.310 e. The Morgan fingerprint density at radius 1 is 1.24 bits per heavy atom. The van der Waals surface area contributed by atoms with Crippen molar-refractivity contribution in [3.8, 4) is 0 Å². The van der Waals surface area contributed by atoms with E-state index in [1.807, 2.05) is 6.92 Å². The highest BCUT2D eigenvalue weighted by atomic mass is 79.9. The molecule has 0 radical (unpaired) electrons. The average molecular weight is 375 g/mol. The molecule has 2 aromatic rings. The van der Waals surface area contributed by atoms with Gasteiger partial charge in [-0.15, -0.1) is 0 Å². The molecule has 0 bridgehead atoms. The molecule has 0 aliphatic rings. The van der Waals surface area contributed by atoms with Gasteiger partial charge in [0.05, 0.1) is 9.50 Å². The summed E-state index contributed by atoms with van der Waals surface area (Å²) in [5, 5.41) is 3.35. The Bertz CT molecular complexity index is 634. The van der Waals surface area contributed by atoms with Crippen LogP contribution in [-0.2, 0) is 6.42 Å². The predicted molar refractivity (Wildman–Crippen MR) is 85.6 cm³/mol. The summed E-state index contributed by atoms with van der Waals surface area (Å²) in [5.74, 6) is -0.723. The van der Waals surface area contributed by atoms with Crippen molar-refractivity contribution in [1.29, 1.82) is 0 Å². The highest BCUT2D eigenvalue weighted by Gasteiger charge is 2.17. The summed E-state index contributed by atoms with van der Waals surface area (Å²) in [6.45, 7) is 2.65. The van der Waals surface area contributed by atoms with Crippen molar-refractivity contribution in [2.45, 2.75) is 19.4 Å². The van der Waals surface area contributed by atoms with Crippen molar-refractivity contribution in [3.05, 3.63) is 68.7 Å². The number of rotatable bonds is 5. The van der Waals surface area contributed by atoms with Gasteiger partial charge in [0.15, 0.2) is 0 Å². The van der Waals surface area contributed by atoms with Gasteiger partial charge in [0, 0.05) is 11.6 Å². The predicted octanol–water partition coefficient (Wildman–Crippen LogP) is 5.27. The molecule has 1 nitrogen and oxygen atoms in total. The van der Waals surface area contributed by atoms with Crippen LogP contribution in [0.4, 0.5) is 8.78 Å². The van der Waals surface area contributed by atoms with Gasteiger partial charge in [-0.25, -0.2) is 8.78 Å². The second-order valence-electron chi connectivity index (χ2n) is 4.71. The lowest BCUT2D eigenvalue weighted by molar-refractivity contribution is 0.509. The van der Waals surface area contributed by atoms with Crippen LogP contribution in [0, 0.1) is 11.6 Å². The number of likely N-dealkylation sites (N-methyl/N-ethyl adjacent to an activating group) is 1. The lowest BCUT2D eigenvalue weighted by Crippen LogP contribution is -2.24. The van der Waals surface area contributed by atoms with E-state index in [2.05, 4.69) is 21.2 Å². The third-order valence-corrected chi connectivity index (χ3v) is 4.13. The Morgan fingerprint density at radius 3 is 2.67 bits per heavy atom. The fraction of sp³-hybridized carbons (Fsp3) is 0.250. The monoisotopic (exact) mass is 373 g/mol. The lowest BCUT2D eigenvalue weighted by Gasteiger charge is -2.20. The Morgan fingerprint density at radius 2 is 2.00 bits per heavy atom. The van der Waals surface area contributed by atoms with E-state index in [1.165, 1.54) is 12.1 Å². The van der Waals surface area contributed by atoms with Crippen molar-refractivity contribution in [3.63, 3.8) is 0 Å². The fourth-order valence-corrected chi connectivity index (χ4v) is 2.84. The molecule has 0 saturated carbocycles. The van der Waals surface area contributed by atoms with Crippen LogP contribution in [0.15, 0.2) is 40.9 Å². The van der Waals surface area contributed by atoms with Gasteiger partial charge in [-0.1, -0.05) is 36.7 Å². The quantitative estimate of drug-likeness (QED) is 0.751. The van der Waals surface area contributed by atoms with Crippen molar-refractivity contribution in [1.82, 2.24) is 5.32 Å². The Kier molecular flexibility index (Phi) is 5.73. The number of nitrogens with one attached hydrogen (secondary N) is 1. The zero-order chi connectivity index (χ0) is 15.4. The zero-order valence-corrected chi connectivity index (χ0v) is 13.8. The van der Waals surface area contributed by atoms with Gasteiger partial charge < -0.3 is 5.32 Å². The van der Waals surface area contributed by atoms with Crippen molar-refractivity contribution >= 4 is 27.5 Å². The first-order chi connectivity index (χ1) is 10.0. The van der Waals surface area contributed by atoms with Gasteiger partial charge in [0.1, 0.15) is 11.6 Å². The minimum atomic E-state index is -0.411.